The molecular formula is C18H25NO3. The summed E-state index contributed by atoms with van der Waals surface area (Å²) in [6.07, 6.45) is 2.53. The molecule has 0 atom stereocenters. The number of carboxylic acid groups (broad SMARTS) is 1. The third-order valence-electron chi connectivity index (χ3n) is 4.20. The zero-order valence-electron chi connectivity index (χ0n) is 13.4. The second-order valence-electron chi connectivity index (χ2n) is 6.60. The first-order valence-corrected chi connectivity index (χ1v) is 8.03. The molecule has 22 heavy (non-hydrogen) atoms. The normalized spacial score (nSPS) is 16.9. The standard InChI is InChI=1S/C18H25NO3/c1-13(2)11-14-3-5-15(6-4-14)18(22)16-7-9-19(10-8-16)12-17(20)21/h3-6,13,16H,7-12H2,1-2H3,(H,20,21). The van der Waals surface area contributed by atoms with E-state index in [0.29, 0.717) is 19.0 Å². The second kappa shape index (κ2) is 7.54. The van der Waals surface area contributed by atoms with Gasteiger partial charge >= 0.3 is 5.97 Å². The summed E-state index contributed by atoms with van der Waals surface area (Å²) in [5.41, 5.74) is 2.05. The highest BCUT2D eigenvalue weighted by molar-refractivity contribution is 5.97. The first-order chi connectivity index (χ1) is 10.5. The van der Waals surface area contributed by atoms with Crippen LogP contribution in [0.3, 0.4) is 0 Å². The minimum Gasteiger partial charge on any atom is -0.480 e. The van der Waals surface area contributed by atoms with E-state index in [9.17, 15) is 9.59 Å². The molecule has 1 aliphatic heterocycles. The second-order valence-corrected chi connectivity index (χ2v) is 6.60. The summed E-state index contributed by atoms with van der Waals surface area (Å²) >= 11 is 0. The lowest BCUT2D eigenvalue weighted by Gasteiger charge is -2.30. The molecule has 0 aromatic heterocycles. The van der Waals surface area contributed by atoms with Crippen molar-refractivity contribution in [3.8, 4) is 0 Å². The van der Waals surface area contributed by atoms with Gasteiger partial charge in [-0.2, -0.15) is 0 Å². The van der Waals surface area contributed by atoms with Gasteiger partial charge in [-0.15, -0.1) is 0 Å². The molecule has 0 amide bonds. The van der Waals surface area contributed by atoms with E-state index in [2.05, 4.69) is 13.8 Å². The quantitative estimate of drug-likeness (QED) is 0.821. The maximum atomic E-state index is 12.5. The van der Waals surface area contributed by atoms with Crippen molar-refractivity contribution in [2.75, 3.05) is 19.6 Å². The molecule has 0 saturated carbocycles. The first-order valence-electron chi connectivity index (χ1n) is 8.03. The predicted octanol–water partition coefficient (Wildman–Crippen LogP) is 2.86. The Morgan fingerprint density at radius 1 is 1.18 bits per heavy atom. The number of carbonyl (C=O) groups excluding carboxylic acids is 1. The van der Waals surface area contributed by atoms with Crippen LogP contribution in [-0.4, -0.2) is 41.4 Å². The Kier molecular flexibility index (Phi) is 5.72. The molecule has 0 aliphatic carbocycles. The number of hydrogen-bond donors (Lipinski definition) is 1. The van der Waals surface area contributed by atoms with E-state index in [0.717, 1.165) is 24.8 Å². The van der Waals surface area contributed by atoms with E-state index in [4.69, 9.17) is 5.11 Å². The molecule has 1 N–H and O–H groups in total. The molecule has 1 aliphatic rings. The van der Waals surface area contributed by atoms with Gasteiger partial charge in [0, 0.05) is 11.5 Å². The number of piperidine rings is 1. The van der Waals surface area contributed by atoms with Crippen molar-refractivity contribution in [2.24, 2.45) is 11.8 Å². The number of aliphatic carboxylic acids is 1. The van der Waals surface area contributed by atoms with Crippen molar-refractivity contribution in [1.29, 1.82) is 0 Å². The summed E-state index contributed by atoms with van der Waals surface area (Å²) < 4.78 is 0. The number of likely N-dealkylation sites (tertiary alicyclic amines) is 1. The number of ketones is 1. The van der Waals surface area contributed by atoms with Gasteiger partial charge in [0.1, 0.15) is 0 Å². The highest BCUT2D eigenvalue weighted by Crippen LogP contribution is 2.22. The molecule has 0 radical (unpaired) electrons. The van der Waals surface area contributed by atoms with Gasteiger partial charge in [0.2, 0.25) is 0 Å². The third-order valence-corrected chi connectivity index (χ3v) is 4.20. The number of carbonyl (C=O) groups is 2. The van der Waals surface area contributed by atoms with Gasteiger partial charge in [0.25, 0.3) is 0 Å². The number of Topliss-reactive ketones (excluding diaryl/α,β-unsaturated/α-hetero) is 1. The number of rotatable bonds is 6. The molecule has 1 fully saturated rings. The zero-order valence-corrected chi connectivity index (χ0v) is 13.4. The van der Waals surface area contributed by atoms with Gasteiger partial charge < -0.3 is 5.11 Å². The summed E-state index contributed by atoms with van der Waals surface area (Å²) in [5, 5.41) is 8.80. The van der Waals surface area contributed by atoms with Gasteiger partial charge in [-0.25, -0.2) is 0 Å². The molecule has 1 saturated heterocycles. The van der Waals surface area contributed by atoms with Crippen LogP contribution in [0.2, 0.25) is 0 Å². The topological polar surface area (TPSA) is 57.6 Å². The highest BCUT2D eigenvalue weighted by Gasteiger charge is 2.26. The van der Waals surface area contributed by atoms with E-state index in [1.807, 2.05) is 29.2 Å². The molecule has 0 bridgehead atoms. The van der Waals surface area contributed by atoms with Crippen LogP contribution in [0.15, 0.2) is 24.3 Å². The Labute approximate surface area is 132 Å². The molecule has 0 unspecified atom stereocenters. The Morgan fingerprint density at radius 2 is 1.77 bits per heavy atom. The Balaban J connectivity index is 1.91. The van der Waals surface area contributed by atoms with Crippen LogP contribution in [0.5, 0.6) is 0 Å². The molecule has 1 heterocycles. The predicted molar refractivity (Wildman–Crippen MR) is 86.1 cm³/mol. The molecule has 1 aromatic carbocycles. The fraction of sp³-hybridized carbons (Fsp3) is 0.556. The van der Waals surface area contributed by atoms with Gasteiger partial charge in [0.15, 0.2) is 5.78 Å². The van der Waals surface area contributed by atoms with Crippen molar-refractivity contribution < 1.29 is 14.7 Å². The number of hydrogen-bond acceptors (Lipinski definition) is 3. The minimum atomic E-state index is -0.800. The fourth-order valence-corrected chi connectivity index (χ4v) is 3.06. The van der Waals surface area contributed by atoms with Crippen molar-refractivity contribution in [1.82, 2.24) is 4.90 Å². The van der Waals surface area contributed by atoms with Crippen molar-refractivity contribution in [3.63, 3.8) is 0 Å². The van der Waals surface area contributed by atoms with Gasteiger partial charge in [-0.1, -0.05) is 38.1 Å². The smallest absolute Gasteiger partial charge is 0.317 e. The van der Waals surface area contributed by atoms with Crippen LogP contribution in [0, 0.1) is 11.8 Å². The molecular weight excluding hydrogens is 278 g/mol. The third kappa shape index (κ3) is 4.67. The largest absolute Gasteiger partial charge is 0.480 e. The van der Waals surface area contributed by atoms with Crippen molar-refractivity contribution in [2.45, 2.75) is 33.1 Å². The van der Waals surface area contributed by atoms with Crippen LogP contribution in [0.25, 0.3) is 0 Å². The van der Waals surface area contributed by atoms with Gasteiger partial charge in [0.05, 0.1) is 6.54 Å². The van der Waals surface area contributed by atoms with Crippen LogP contribution < -0.4 is 0 Å². The van der Waals surface area contributed by atoms with Crippen molar-refractivity contribution >= 4 is 11.8 Å². The van der Waals surface area contributed by atoms with Crippen LogP contribution in [-0.2, 0) is 11.2 Å². The number of nitrogens with zero attached hydrogens (tertiary/aromatic N) is 1. The maximum absolute atomic E-state index is 12.5. The van der Waals surface area contributed by atoms with Gasteiger partial charge in [-0.3, -0.25) is 14.5 Å². The van der Waals surface area contributed by atoms with Crippen LogP contribution in [0.1, 0.15) is 42.6 Å². The summed E-state index contributed by atoms with van der Waals surface area (Å²) in [5.74, 6) is 0.0395. The highest BCUT2D eigenvalue weighted by atomic mass is 16.4. The minimum absolute atomic E-state index is 0.0287. The Morgan fingerprint density at radius 3 is 2.27 bits per heavy atom. The summed E-state index contributed by atoms with van der Waals surface area (Å²) in [6, 6.07) is 7.97. The monoisotopic (exact) mass is 303 g/mol. The average molecular weight is 303 g/mol. The molecule has 2 rings (SSSR count). The first kappa shape index (κ1) is 16.7. The van der Waals surface area contributed by atoms with E-state index < -0.39 is 5.97 Å². The summed E-state index contributed by atoms with van der Waals surface area (Å²) in [6.45, 7) is 5.82. The summed E-state index contributed by atoms with van der Waals surface area (Å²) in [4.78, 5) is 25.1. The number of carboxylic acids is 1. The molecule has 0 spiro atoms. The maximum Gasteiger partial charge on any atom is 0.317 e. The van der Waals surface area contributed by atoms with Crippen LogP contribution in [0.4, 0.5) is 0 Å². The Hall–Kier alpha value is -1.68. The molecule has 4 nitrogen and oxygen atoms in total. The van der Waals surface area contributed by atoms with Gasteiger partial charge in [-0.05, 0) is 43.8 Å². The molecule has 4 heteroatoms. The van der Waals surface area contributed by atoms with Crippen LogP contribution >= 0.6 is 0 Å². The fourth-order valence-electron chi connectivity index (χ4n) is 3.06. The lowest BCUT2D eigenvalue weighted by molar-refractivity contribution is -0.138. The summed E-state index contributed by atoms with van der Waals surface area (Å²) in [7, 11) is 0. The zero-order chi connectivity index (χ0) is 16.1. The molecule has 120 valence electrons. The van der Waals surface area contributed by atoms with E-state index in [1.165, 1.54) is 5.56 Å². The van der Waals surface area contributed by atoms with E-state index >= 15 is 0 Å². The lowest BCUT2D eigenvalue weighted by Crippen LogP contribution is -2.39. The van der Waals surface area contributed by atoms with E-state index in [1.54, 1.807) is 0 Å². The molecule has 1 aromatic rings. The lowest BCUT2D eigenvalue weighted by atomic mass is 9.88. The van der Waals surface area contributed by atoms with Crippen molar-refractivity contribution in [3.05, 3.63) is 35.4 Å². The Bertz CT molecular complexity index is 514. The average Bonchev–Trinajstić information content (AvgIpc) is 2.47. The van der Waals surface area contributed by atoms with E-state index in [-0.39, 0.29) is 18.2 Å². The number of benzene rings is 1. The SMILES string of the molecule is CC(C)Cc1ccc(C(=O)C2CCN(CC(=O)O)CC2)cc1.